The van der Waals surface area contributed by atoms with E-state index in [2.05, 4.69) is 15.1 Å². The molecule has 3 aromatic rings. The van der Waals surface area contributed by atoms with Gasteiger partial charge in [0.05, 0.1) is 5.56 Å². The second-order valence-corrected chi connectivity index (χ2v) is 5.69. The normalized spacial score (nSPS) is 11.8. The maximum Gasteiger partial charge on any atom is 0.338 e. The predicted molar refractivity (Wildman–Crippen MR) is 92.1 cm³/mol. The van der Waals surface area contributed by atoms with Crippen LogP contribution in [0.2, 0.25) is 0 Å². The van der Waals surface area contributed by atoms with Crippen molar-refractivity contribution in [3.63, 3.8) is 0 Å². The van der Waals surface area contributed by atoms with Gasteiger partial charge < -0.3 is 14.2 Å². The summed E-state index contributed by atoms with van der Waals surface area (Å²) in [4.78, 5) is 22.5. The summed E-state index contributed by atoms with van der Waals surface area (Å²) < 4.78 is 10.6. The van der Waals surface area contributed by atoms with E-state index in [0.29, 0.717) is 11.4 Å². The van der Waals surface area contributed by atoms with Gasteiger partial charge in [-0.15, -0.1) is 0 Å². The van der Waals surface area contributed by atoms with Crippen molar-refractivity contribution in [2.45, 2.75) is 13.0 Å². The molecule has 1 atom stereocenters. The number of rotatable bonds is 5. The summed E-state index contributed by atoms with van der Waals surface area (Å²) >= 11 is 0. The number of carbonyl (C=O) groups is 1. The first-order valence-corrected chi connectivity index (χ1v) is 7.77. The first-order chi connectivity index (χ1) is 12.0. The van der Waals surface area contributed by atoms with Crippen molar-refractivity contribution < 1.29 is 14.1 Å². The van der Waals surface area contributed by atoms with Crippen LogP contribution in [0.3, 0.4) is 0 Å². The fourth-order valence-corrected chi connectivity index (χ4v) is 2.20. The van der Waals surface area contributed by atoms with Crippen LogP contribution in [0.4, 0.5) is 5.69 Å². The maximum absolute atomic E-state index is 12.3. The molecule has 2 aromatic heterocycles. The minimum atomic E-state index is -0.659. The first-order valence-electron chi connectivity index (χ1n) is 7.77. The van der Waals surface area contributed by atoms with Gasteiger partial charge in [0.2, 0.25) is 5.82 Å². The summed E-state index contributed by atoms with van der Waals surface area (Å²) in [6.07, 6.45) is 2.64. The molecular formula is C18H18N4O3. The summed E-state index contributed by atoms with van der Waals surface area (Å²) in [5.41, 5.74) is 2.11. The molecule has 0 fully saturated rings. The highest BCUT2D eigenvalue weighted by atomic mass is 16.6. The van der Waals surface area contributed by atoms with Gasteiger partial charge >= 0.3 is 5.97 Å². The van der Waals surface area contributed by atoms with Gasteiger partial charge in [0, 0.05) is 37.7 Å². The number of anilines is 1. The molecule has 0 N–H and O–H groups in total. The molecular weight excluding hydrogens is 320 g/mol. The van der Waals surface area contributed by atoms with Crippen LogP contribution in [0.25, 0.3) is 11.4 Å². The van der Waals surface area contributed by atoms with E-state index < -0.39 is 12.1 Å². The molecule has 1 unspecified atom stereocenters. The van der Waals surface area contributed by atoms with Crippen LogP contribution in [0, 0.1) is 0 Å². The van der Waals surface area contributed by atoms with Crippen LogP contribution in [-0.4, -0.2) is 35.2 Å². The first kappa shape index (κ1) is 16.6. The SMILES string of the molecule is CC(OC(=O)c1cccc(N(C)C)c1)c1nc(-c2cccnc2)no1. The Balaban J connectivity index is 1.72. The molecule has 7 heteroatoms. The summed E-state index contributed by atoms with van der Waals surface area (Å²) in [6.45, 7) is 1.69. The standard InChI is InChI=1S/C18H18N4O3/c1-12(17-20-16(21-25-17)14-7-5-9-19-11-14)24-18(23)13-6-4-8-15(10-13)22(2)3/h4-12H,1-3H3. The fraction of sp³-hybridized carbons (Fsp3) is 0.222. The zero-order chi connectivity index (χ0) is 17.8. The topological polar surface area (TPSA) is 81.4 Å². The minimum Gasteiger partial charge on any atom is -0.449 e. The van der Waals surface area contributed by atoms with E-state index >= 15 is 0 Å². The van der Waals surface area contributed by atoms with E-state index in [4.69, 9.17) is 9.26 Å². The smallest absolute Gasteiger partial charge is 0.338 e. The van der Waals surface area contributed by atoms with Gasteiger partial charge in [0.25, 0.3) is 5.89 Å². The Labute approximate surface area is 145 Å². The van der Waals surface area contributed by atoms with E-state index in [-0.39, 0.29) is 5.89 Å². The minimum absolute atomic E-state index is 0.232. The highest BCUT2D eigenvalue weighted by Crippen LogP contribution is 2.22. The van der Waals surface area contributed by atoms with Gasteiger partial charge in [-0.05, 0) is 37.3 Å². The Morgan fingerprint density at radius 2 is 2.08 bits per heavy atom. The lowest BCUT2D eigenvalue weighted by atomic mass is 10.2. The molecule has 0 aliphatic rings. The number of nitrogens with zero attached hydrogens (tertiary/aromatic N) is 4. The molecule has 1 aromatic carbocycles. The molecule has 0 saturated heterocycles. The molecule has 0 aliphatic heterocycles. The van der Waals surface area contributed by atoms with Gasteiger partial charge in [0.1, 0.15) is 0 Å². The van der Waals surface area contributed by atoms with Gasteiger partial charge in [-0.25, -0.2) is 4.79 Å². The zero-order valence-electron chi connectivity index (χ0n) is 14.2. The number of esters is 1. The van der Waals surface area contributed by atoms with E-state index in [1.807, 2.05) is 37.2 Å². The molecule has 3 rings (SSSR count). The Morgan fingerprint density at radius 1 is 1.24 bits per heavy atom. The number of aromatic nitrogens is 3. The number of carbonyl (C=O) groups excluding carboxylic acids is 1. The third-order valence-corrected chi connectivity index (χ3v) is 3.59. The van der Waals surface area contributed by atoms with Gasteiger partial charge in [-0.1, -0.05) is 11.2 Å². The Kier molecular flexibility index (Phi) is 4.74. The molecule has 2 heterocycles. The van der Waals surface area contributed by atoms with E-state index in [1.165, 1.54) is 0 Å². The van der Waals surface area contributed by atoms with Crippen LogP contribution in [-0.2, 0) is 4.74 Å². The van der Waals surface area contributed by atoms with Gasteiger partial charge in [0.15, 0.2) is 6.10 Å². The fourth-order valence-electron chi connectivity index (χ4n) is 2.20. The Bertz CT molecular complexity index is 862. The lowest BCUT2D eigenvalue weighted by Crippen LogP contribution is -2.12. The molecule has 7 nitrogen and oxygen atoms in total. The van der Waals surface area contributed by atoms with E-state index in [1.54, 1.807) is 37.5 Å². The summed E-state index contributed by atoms with van der Waals surface area (Å²) in [5.74, 6) is 0.189. The molecule has 0 radical (unpaired) electrons. The van der Waals surface area contributed by atoms with Crippen molar-refractivity contribution in [1.82, 2.24) is 15.1 Å². The molecule has 0 bridgehead atoms. The molecule has 25 heavy (non-hydrogen) atoms. The number of benzene rings is 1. The summed E-state index contributed by atoms with van der Waals surface area (Å²) in [5, 5.41) is 3.90. The number of ether oxygens (including phenoxy) is 1. The van der Waals surface area contributed by atoms with Gasteiger partial charge in [-0.3, -0.25) is 4.98 Å². The number of hydrogen-bond donors (Lipinski definition) is 0. The van der Waals surface area contributed by atoms with Crippen LogP contribution in [0.1, 0.15) is 29.3 Å². The molecule has 0 aliphatic carbocycles. The highest BCUT2D eigenvalue weighted by Gasteiger charge is 2.20. The average Bonchev–Trinajstić information content (AvgIpc) is 3.13. The van der Waals surface area contributed by atoms with Crippen molar-refractivity contribution in [2.75, 3.05) is 19.0 Å². The molecule has 128 valence electrons. The Hall–Kier alpha value is -3.22. The lowest BCUT2D eigenvalue weighted by molar-refractivity contribution is 0.0265. The second kappa shape index (κ2) is 7.12. The maximum atomic E-state index is 12.3. The predicted octanol–water partition coefficient (Wildman–Crippen LogP) is 3.12. The monoisotopic (exact) mass is 338 g/mol. The zero-order valence-corrected chi connectivity index (χ0v) is 14.2. The molecule has 0 spiro atoms. The van der Waals surface area contributed by atoms with Crippen molar-refractivity contribution in [1.29, 1.82) is 0 Å². The van der Waals surface area contributed by atoms with Crippen molar-refractivity contribution in [3.8, 4) is 11.4 Å². The van der Waals surface area contributed by atoms with Crippen LogP contribution in [0.15, 0.2) is 53.3 Å². The second-order valence-electron chi connectivity index (χ2n) is 5.69. The average molecular weight is 338 g/mol. The third kappa shape index (κ3) is 3.82. The van der Waals surface area contributed by atoms with Crippen LogP contribution < -0.4 is 4.90 Å². The van der Waals surface area contributed by atoms with Crippen LogP contribution in [0.5, 0.6) is 0 Å². The van der Waals surface area contributed by atoms with Crippen molar-refractivity contribution in [3.05, 3.63) is 60.2 Å². The summed E-state index contributed by atoms with van der Waals surface area (Å²) in [7, 11) is 3.82. The van der Waals surface area contributed by atoms with E-state index in [0.717, 1.165) is 11.3 Å². The number of pyridine rings is 1. The van der Waals surface area contributed by atoms with Crippen LogP contribution >= 0.6 is 0 Å². The third-order valence-electron chi connectivity index (χ3n) is 3.59. The quantitative estimate of drug-likeness (QED) is 0.661. The Morgan fingerprint density at radius 3 is 2.80 bits per heavy atom. The van der Waals surface area contributed by atoms with E-state index in [9.17, 15) is 4.79 Å². The van der Waals surface area contributed by atoms with Gasteiger partial charge in [-0.2, -0.15) is 4.98 Å². The largest absolute Gasteiger partial charge is 0.449 e. The van der Waals surface area contributed by atoms with Crippen molar-refractivity contribution >= 4 is 11.7 Å². The summed E-state index contributed by atoms with van der Waals surface area (Å²) in [6, 6.07) is 10.8. The lowest BCUT2D eigenvalue weighted by Gasteiger charge is -2.14. The highest BCUT2D eigenvalue weighted by molar-refractivity contribution is 5.90. The van der Waals surface area contributed by atoms with Crippen molar-refractivity contribution in [2.24, 2.45) is 0 Å². The molecule has 0 saturated carbocycles. The molecule has 0 amide bonds. The number of hydrogen-bond acceptors (Lipinski definition) is 7.